The molecule has 24 heavy (non-hydrogen) atoms. The lowest BCUT2D eigenvalue weighted by Gasteiger charge is -2.23. The zero-order chi connectivity index (χ0) is 16.8. The first-order valence-corrected chi connectivity index (χ1v) is 8.46. The number of carbonyl (C=O) groups excluding carboxylic acids is 1. The molecule has 1 aliphatic carbocycles. The Morgan fingerprint density at radius 1 is 1.17 bits per heavy atom. The van der Waals surface area contributed by atoms with Crippen LogP contribution in [0.15, 0.2) is 42.6 Å². The second-order valence-electron chi connectivity index (χ2n) is 6.18. The number of nitrogens with one attached hydrogen (secondary N) is 2. The van der Waals surface area contributed by atoms with Gasteiger partial charge in [-0.3, -0.25) is 9.78 Å². The number of anilines is 1. The maximum atomic E-state index is 13.6. The number of pyridine rings is 1. The van der Waals surface area contributed by atoms with Gasteiger partial charge in [0.25, 0.3) is 5.91 Å². The number of nitrogens with zero attached hydrogens (tertiary/aromatic N) is 1. The van der Waals surface area contributed by atoms with Crippen LogP contribution in [0.1, 0.15) is 48.2 Å². The van der Waals surface area contributed by atoms with Crippen molar-refractivity contribution in [3.63, 3.8) is 0 Å². The van der Waals surface area contributed by atoms with Crippen molar-refractivity contribution < 1.29 is 9.18 Å². The number of benzene rings is 1. The van der Waals surface area contributed by atoms with Gasteiger partial charge in [-0.05, 0) is 31.0 Å². The van der Waals surface area contributed by atoms with E-state index in [4.69, 9.17) is 0 Å². The fourth-order valence-corrected chi connectivity index (χ4v) is 3.03. The van der Waals surface area contributed by atoms with Crippen LogP contribution in [0.4, 0.5) is 10.1 Å². The number of hydrogen-bond acceptors (Lipinski definition) is 3. The van der Waals surface area contributed by atoms with Gasteiger partial charge < -0.3 is 10.6 Å². The van der Waals surface area contributed by atoms with E-state index < -0.39 is 0 Å². The van der Waals surface area contributed by atoms with Crippen molar-refractivity contribution in [1.82, 2.24) is 10.3 Å². The van der Waals surface area contributed by atoms with Crippen molar-refractivity contribution in [2.24, 2.45) is 0 Å². The molecule has 5 heteroatoms. The Labute approximate surface area is 141 Å². The standard InChI is InChI=1S/C19H22FN3O/c20-17-9-5-4-6-14(17)13-22-19(24)18-12-16(10-11-21-18)23-15-7-2-1-3-8-15/h4-6,9-12,15H,1-3,7-8,13H2,(H,21,23)(H,22,24). The average Bonchev–Trinajstić information content (AvgIpc) is 2.62. The van der Waals surface area contributed by atoms with Crippen LogP contribution < -0.4 is 10.6 Å². The van der Waals surface area contributed by atoms with E-state index in [1.54, 1.807) is 30.5 Å². The molecule has 0 spiro atoms. The summed E-state index contributed by atoms with van der Waals surface area (Å²) in [4.78, 5) is 16.4. The SMILES string of the molecule is O=C(NCc1ccccc1F)c1cc(NC2CCCCC2)ccn1. The van der Waals surface area contributed by atoms with Gasteiger partial charge in [0, 0.05) is 30.0 Å². The van der Waals surface area contributed by atoms with Crippen molar-refractivity contribution in [2.75, 3.05) is 5.32 Å². The summed E-state index contributed by atoms with van der Waals surface area (Å²) in [7, 11) is 0. The van der Waals surface area contributed by atoms with E-state index in [2.05, 4.69) is 15.6 Å². The third kappa shape index (κ3) is 4.31. The zero-order valence-corrected chi connectivity index (χ0v) is 13.6. The van der Waals surface area contributed by atoms with Crippen molar-refractivity contribution in [3.8, 4) is 0 Å². The van der Waals surface area contributed by atoms with E-state index in [1.807, 2.05) is 6.07 Å². The summed E-state index contributed by atoms with van der Waals surface area (Å²) in [6.45, 7) is 0.146. The van der Waals surface area contributed by atoms with E-state index in [-0.39, 0.29) is 18.3 Å². The summed E-state index contributed by atoms with van der Waals surface area (Å²) in [6.07, 6.45) is 7.76. The van der Waals surface area contributed by atoms with Gasteiger partial charge in [0.15, 0.2) is 0 Å². The maximum Gasteiger partial charge on any atom is 0.270 e. The highest BCUT2D eigenvalue weighted by Crippen LogP contribution is 2.21. The van der Waals surface area contributed by atoms with Gasteiger partial charge in [-0.15, -0.1) is 0 Å². The molecular formula is C19H22FN3O. The molecule has 0 radical (unpaired) electrons. The monoisotopic (exact) mass is 327 g/mol. The van der Waals surface area contributed by atoms with Crippen molar-refractivity contribution >= 4 is 11.6 Å². The van der Waals surface area contributed by atoms with Gasteiger partial charge in [0.2, 0.25) is 0 Å². The Kier molecular flexibility index (Phi) is 5.41. The van der Waals surface area contributed by atoms with Crippen molar-refractivity contribution in [3.05, 3.63) is 59.7 Å². The van der Waals surface area contributed by atoms with E-state index in [0.29, 0.717) is 17.3 Å². The van der Waals surface area contributed by atoms with E-state index >= 15 is 0 Å². The summed E-state index contributed by atoms with van der Waals surface area (Å²) >= 11 is 0. The minimum absolute atomic E-state index is 0.146. The predicted octanol–water partition coefficient (Wildman–Crippen LogP) is 3.90. The summed E-state index contributed by atoms with van der Waals surface area (Å²) in [5.41, 5.74) is 1.71. The third-order valence-electron chi connectivity index (χ3n) is 4.37. The summed E-state index contributed by atoms with van der Waals surface area (Å²) in [5.74, 6) is -0.621. The molecule has 0 saturated heterocycles. The molecule has 126 valence electrons. The fourth-order valence-electron chi connectivity index (χ4n) is 3.03. The molecule has 1 saturated carbocycles. The molecular weight excluding hydrogens is 305 g/mol. The number of carbonyl (C=O) groups is 1. The first-order chi connectivity index (χ1) is 11.7. The minimum Gasteiger partial charge on any atom is -0.382 e. The zero-order valence-electron chi connectivity index (χ0n) is 13.6. The molecule has 1 heterocycles. The highest BCUT2D eigenvalue weighted by Gasteiger charge is 2.14. The summed E-state index contributed by atoms with van der Waals surface area (Å²) in [6, 6.07) is 10.5. The van der Waals surface area contributed by atoms with Crippen LogP contribution in [0.5, 0.6) is 0 Å². The Hall–Kier alpha value is -2.43. The highest BCUT2D eigenvalue weighted by molar-refractivity contribution is 5.93. The summed E-state index contributed by atoms with van der Waals surface area (Å²) < 4.78 is 13.6. The molecule has 0 bridgehead atoms. The Balaban J connectivity index is 1.60. The lowest BCUT2D eigenvalue weighted by molar-refractivity contribution is 0.0945. The van der Waals surface area contributed by atoms with Crippen LogP contribution in [0.2, 0.25) is 0 Å². The molecule has 1 aromatic carbocycles. The second-order valence-corrected chi connectivity index (χ2v) is 6.18. The maximum absolute atomic E-state index is 13.6. The third-order valence-corrected chi connectivity index (χ3v) is 4.37. The van der Waals surface area contributed by atoms with Gasteiger partial charge >= 0.3 is 0 Å². The number of aromatic nitrogens is 1. The molecule has 3 rings (SSSR count). The predicted molar refractivity (Wildman–Crippen MR) is 92.3 cm³/mol. The molecule has 4 nitrogen and oxygen atoms in total. The molecule has 1 fully saturated rings. The summed E-state index contributed by atoms with van der Waals surface area (Å²) in [5, 5.41) is 6.20. The van der Waals surface area contributed by atoms with Crippen LogP contribution in [0.25, 0.3) is 0 Å². The first kappa shape index (κ1) is 16.4. The largest absolute Gasteiger partial charge is 0.382 e. The molecule has 1 aliphatic rings. The van der Waals surface area contributed by atoms with Gasteiger partial charge in [0.1, 0.15) is 11.5 Å². The smallest absolute Gasteiger partial charge is 0.270 e. The lowest BCUT2D eigenvalue weighted by Crippen LogP contribution is -2.25. The second kappa shape index (κ2) is 7.90. The molecule has 2 aromatic rings. The van der Waals surface area contributed by atoms with Gasteiger partial charge in [0.05, 0.1) is 0 Å². The quantitative estimate of drug-likeness (QED) is 0.876. The number of halogens is 1. The molecule has 2 N–H and O–H groups in total. The minimum atomic E-state index is -0.321. The number of amides is 1. The van der Waals surface area contributed by atoms with Crippen molar-refractivity contribution in [1.29, 1.82) is 0 Å². The number of rotatable bonds is 5. The van der Waals surface area contributed by atoms with Crippen LogP contribution in [0, 0.1) is 5.82 Å². The topological polar surface area (TPSA) is 54.0 Å². The molecule has 0 aliphatic heterocycles. The fraction of sp³-hybridized carbons (Fsp3) is 0.368. The van der Waals surface area contributed by atoms with Crippen LogP contribution >= 0.6 is 0 Å². The first-order valence-electron chi connectivity index (χ1n) is 8.46. The Morgan fingerprint density at radius 3 is 2.75 bits per heavy atom. The highest BCUT2D eigenvalue weighted by atomic mass is 19.1. The van der Waals surface area contributed by atoms with E-state index in [0.717, 1.165) is 18.5 Å². The van der Waals surface area contributed by atoms with E-state index in [1.165, 1.54) is 25.3 Å². The van der Waals surface area contributed by atoms with Gasteiger partial charge in [-0.2, -0.15) is 0 Å². The van der Waals surface area contributed by atoms with Gasteiger partial charge in [-0.1, -0.05) is 37.5 Å². The molecule has 1 aromatic heterocycles. The average molecular weight is 327 g/mol. The molecule has 0 atom stereocenters. The van der Waals surface area contributed by atoms with Crippen LogP contribution in [-0.2, 0) is 6.54 Å². The van der Waals surface area contributed by atoms with Crippen LogP contribution in [-0.4, -0.2) is 16.9 Å². The van der Waals surface area contributed by atoms with E-state index in [9.17, 15) is 9.18 Å². The Bertz CT molecular complexity index is 699. The van der Waals surface area contributed by atoms with Crippen molar-refractivity contribution in [2.45, 2.75) is 44.7 Å². The van der Waals surface area contributed by atoms with Crippen LogP contribution in [0.3, 0.4) is 0 Å². The molecule has 1 amide bonds. The Morgan fingerprint density at radius 2 is 1.96 bits per heavy atom. The lowest BCUT2D eigenvalue weighted by atomic mass is 9.95. The molecule has 0 unspecified atom stereocenters. The number of hydrogen-bond donors (Lipinski definition) is 2. The van der Waals surface area contributed by atoms with Gasteiger partial charge in [-0.25, -0.2) is 4.39 Å². The normalized spacial score (nSPS) is 15.0.